The highest BCUT2D eigenvalue weighted by Crippen LogP contribution is 2.44. The van der Waals surface area contributed by atoms with Crippen molar-refractivity contribution in [1.29, 1.82) is 0 Å². The minimum absolute atomic E-state index is 0.163. The number of hydrogen-bond donors (Lipinski definition) is 0. The van der Waals surface area contributed by atoms with Crippen LogP contribution in [0.1, 0.15) is 35.3 Å². The Bertz CT molecular complexity index is 1190. The Morgan fingerprint density at radius 2 is 1.68 bits per heavy atom. The van der Waals surface area contributed by atoms with Crippen LogP contribution in [0.25, 0.3) is 5.69 Å². The van der Waals surface area contributed by atoms with Crippen LogP contribution in [-0.4, -0.2) is 63.8 Å². The van der Waals surface area contributed by atoms with Crippen LogP contribution in [0.2, 0.25) is 15.1 Å². The Morgan fingerprint density at radius 1 is 0.912 bits per heavy atom. The molecule has 0 saturated carbocycles. The zero-order valence-electron chi connectivity index (χ0n) is 19.6. The van der Waals surface area contributed by atoms with Crippen molar-refractivity contribution in [2.24, 2.45) is 0 Å². The van der Waals surface area contributed by atoms with Crippen molar-refractivity contribution in [3.63, 3.8) is 0 Å². The molecule has 2 aromatic carbocycles. The Balaban J connectivity index is 1.49. The van der Waals surface area contributed by atoms with Gasteiger partial charge in [-0.2, -0.15) is 0 Å². The molecule has 2 atom stereocenters. The van der Waals surface area contributed by atoms with Crippen LogP contribution in [0.5, 0.6) is 5.75 Å². The van der Waals surface area contributed by atoms with Crippen molar-refractivity contribution in [3.8, 4) is 11.4 Å². The molecule has 34 heavy (non-hydrogen) atoms. The molecule has 0 bridgehead atoms. The van der Waals surface area contributed by atoms with Crippen LogP contribution < -0.4 is 4.74 Å². The number of fused-ring (bicyclic) bond motifs is 1. The molecule has 1 aliphatic heterocycles. The molecule has 1 aliphatic carbocycles. The summed E-state index contributed by atoms with van der Waals surface area (Å²) in [6.07, 6.45) is 1.74. The van der Waals surface area contributed by atoms with E-state index in [9.17, 15) is 0 Å². The van der Waals surface area contributed by atoms with Crippen molar-refractivity contribution in [1.82, 2.24) is 24.6 Å². The van der Waals surface area contributed by atoms with E-state index in [-0.39, 0.29) is 12.1 Å². The molecule has 1 aromatic heterocycles. The molecule has 1 fully saturated rings. The van der Waals surface area contributed by atoms with E-state index >= 15 is 0 Å². The number of likely N-dealkylation sites (N-methyl/N-ethyl adjacent to an activating group) is 1. The predicted octanol–water partition coefficient (Wildman–Crippen LogP) is 5.53. The Labute approximate surface area is 215 Å². The largest absolute Gasteiger partial charge is 0.482 e. The quantitative estimate of drug-likeness (QED) is 0.453. The van der Waals surface area contributed by atoms with Gasteiger partial charge in [0.05, 0.1) is 16.8 Å². The summed E-state index contributed by atoms with van der Waals surface area (Å²) in [5.74, 6) is 2.25. The van der Waals surface area contributed by atoms with Crippen molar-refractivity contribution in [2.45, 2.75) is 38.8 Å². The van der Waals surface area contributed by atoms with E-state index in [1.54, 1.807) is 0 Å². The fourth-order valence-corrected chi connectivity index (χ4v) is 5.99. The Kier molecular flexibility index (Phi) is 6.79. The molecule has 180 valence electrons. The third-order valence-corrected chi connectivity index (χ3v) is 7.75. The summed E-state index contributed by atoms with van der Waals surface area (Å²) in [4.78, 5) is 4.91. The molecular formula is C25H28Cl3N5O. The topological polar surface area (TPSA) is 46.4 Å². The van der Waals surface area contributed by atoms with Gasteiger partial charge in [0.2, 0.25) is 0 Å². The fraction of sp³-hybridized carbons (Fsp3) is 0.440. The minimum Gasteiger partial charge on any atom is -0.482 e. The maximum absolute atomic E-state index is 6.75. The van der Waals surface area contributed by atoms with E-state index in [1.165, 1.54) is 0 Å². The molecular weight excluding hydrogens is 493 g/mol. The maximum atomic E-state index is 6.75. The number of aryl methyl sites for hydroxylation is 2. The van der Waals surface area contributed by atoms with Gasteiger partial charge in [0.25, 0.3) is 0 Å². The fourth-order valence-electron chi connectivity index (χ4n) is 5.18. The van der Waals surface area contributed by atoms with Crippen LogP contribution >= 0.6 is 34.8 Å². The number of aromatic nitrogens is 3. The van der Waals surface area contributed by atoms with Gasteiger partial charge < -0.3 is 9.64 Å². The predicted molar refractivity (Wildman–Crippen MR) is 137 cm³/mol. The Hall–Kier alpha value is -1.83. The molecule has 5 rings (SSSR count). The number of benzene rings is 2. The van der Waals surface area contributed by atoms with Crippen LogP contribution in [-0.2, 0) is 6.42 Å². The highest BCUT2D eigenvalue weighted by molar-refractivity contribution is 6.35. The first-order chi connectivity index (χ1) is 16.3. The standard InChI is InChI=1S/C25H28Cl3N5O/c1-15-29-30-16(2)33(15)18-5-6-24(22(28)13-18)34-25-20-11-17(26)12-21(27)19(20)14-23(25)32-8-4-7-31(3)9-10-32/h5-6,11-13,23,25H,4,7-10,14H2,1-3H3/t23-,25+/m0/s1. The van der Waals surface area contributed by atoms with Gasteiger partial charge in [0.1, 0.15) is 23.5 Å². The van der Waals surface area contributed by atoms with Gasteiger partial charge in [-0.25, -0.2) is 0 Å². The van der Waals surface area contributed by atoms with Crippen molar-refractivity contribution in [3.05, 3.63) is 68.2 Å². The normalized spacial score (nSPS) is 21.5. The number of rotatable bonds is 4. The first-order valence-electron chi connectivity index (χ1n) is 11.6. The van der Waals surface area contributed by atoms with Crippen LogP contribution in [0.3, 0.4) is 0 Å². The van der Waals surface area contributed by atoms with Crippen LogP contribution in [0.15, 0.2) is 30.3 Å². The summed E-state index contributed by atoms with van der Waals surface area (Å²) in [5.41, 5.74) is 3.07. The lowest BCUT2D eigenvalue weighted by Gasteiger charge is -2.32. The van der Waals surface area contributed by atoms with Crippen LogP contribution in [0.4, 0.5) is 0 Å². The smallest absolute Gasteiger partial charge is 0.140 e. The highest BCUT2D eigenvalue weighted by atomic mass is 35.5. The molecule has 0 unspecified atom stereocenters. The third-order valence-electron chi connectivity index (χ3n) is 6.90. The second-order valence-corrected chi connectivity index (χ2v) is 10.5. The van der Waals surface area contributed by atoms with E-state index in [0.717, 1.165) is 67.5 Å². The second kappa shape index (κ2) is 9.67. The molecule has 0 spiro atoms. The summed E-state index contributed by atoms with van der Waals surface area (Å²) < 4.78 is 8.63. The van der Waals surface area contributed by atoms with E-state index < -0.39 is 0 Å². The molecule has 0 amide bonds. The average Bonchev–Trinajstić information content (AvgIpc) is 3.22. The lowest BCUT2D eigenvalue weighted by atomic mass is 10.1. The SMILES string of the molecule is Cc1nnc(C)n1-c1ccc(O[C@@H]2c3cc(Cl)cc(Cl)c3C[C@@H]2N2CCCN(C)CC2)c(Cl)c1. The van der Waals surface area contributed by atoms with Gasteiger partial charge >= 0.3 is 0 Å². The number of ether oxygens (including phenoxy) is 1. The zero-order chi connectivity index (χ0) is 24.0. The molecule has 2 heterocycles. The molecule has 0 radical (unpaired) electrons. The molecule has 9 heteroatoms. The van der Waals surface area contributed by atoms with Gasteiger partial charge in [-0.1, -0.05) is 34.8 Å². The van der Waals surface area contributed by atoms with Gasteiger partial charge in [-0.3, -0.25) is 9.47 Å². The van der Waals surface area contributed by atoms with Crippen LogP contribution in [0, 0.1) is 13.8 Å². The molecule has 1 saturated heterocycles. The van der Waals surface area contributed by atoms with E-state index in [4.69, 9.17) is 39.5 Å². The van der Waals surface area contributed by atoms with E-state index in [1.807, 2.05) is 48.7 Å². The van der Waals surface area contributed by atoms with Gasteiger partial charge in [-0.15, -0.1) is 10.2 Å². The summed E-state index contributed by atoms with van der Waals surface area (Å²) in [7, 11) is 2.18. The number of hydrogen-bond acceptors (Lipinski definition) is 5. The van der Waals surface area contributed by atoms with E-state index in [0.29, 0.717) is 20.8 Å². The van der Waals surface area contributed by atoms with Crippen molar-refractivity contribution < 1.29 is 4.74 Å². The van der Waals surface area contributed by atoms with E-state index in [2.05, 4.69) is 27.0 Å². The molecule has 6 nitrogen and oxygen atoms in total. The van der Waals surface area contributed by atoms with Crippen molar-refractivity contribution in [2.75, 3.05) is 33.2 Å². The van der Waals surface area contributed by atoms with Crippen molar-refractivity contribution >= 4 is 34.8 Å². The number of halogens is 3. The zero-order valence-corrected chi connectivity index (χ0v) is 21.8. The summed E-state index contributed by atoms with van der Waals surface area (Å²) >= 11 is 19.8. The minimum atomic E-state index is -0.212. The van der Waals surface area contributed by atoms with Gasteiger partial charge in [-0.05, 0) is 82.7 Å². The number of nitrogens with zero attached hydrogens (tertiary/aromatic N) is 5. The van der Waals surface area contributed by atoms with Gasteiger partial charge in [0, 0.05) is 28.7 Å². The first-order valence-corrected chi connectivity index (χ1v) is 12.7. The summed E-state index contributed by atoms with van der Waals surface area (Å²) in [5, 5.41) is 10.2. The molecule has 3 aromatic rings. The summed E-state index contributed by atoms with van der Waals surface area (Å²) in [6.45, 7) is 7.98. The lowest BCUT2D eigenvalue weighted by molar-refractivity contribution is 0.0806. The second-order valence-electron chi connectivity index (χ2n) is 9.20. The third kappa shape index (κ3) is 4.54. The lowest BCUT2D eigenvalue weighted by Crippen LogP contribution is -2.42. The molecule has 0 N–H and O–H groups in total. The monoisotopic (exact) mass is 519 g/mol. The first kappa shape index (κ1) is 23.9. The van der Waals surface area contributed by atoms with Gasteiger partial charge in [0.15, 0.2) is 0 Å². The summed E-state index contributed by atoms with van der Waals surface area (Å²) in [6, 6.07) is 9.79. The molecule has 2 aliphatic rings. The average molecular weight is 521 g/mol. The Morgan fingerprint density at radius 3 is 2.41 bits per heavy atom. The highest BCUT2D eigenvalue weighted by Gasteiger charge is 2.40. The maximum Gasteiger partial charge on any atom is 0.140 e.